The Morgan fingerprint density at radius 2 is 2.00 bits per heavy atom. The van der Waals surface area contributed by atoms with E-state index in [0.29, 0.717) is 18.0 Å². The minimum Gasteiger partial charge on any atom is -0.507 e. The van der Waals surface area contributed by atoms with Gasteiger partial charge in [0.05, 0.1) is 5.56 Å². The summed E-state index contributed by atoms with van der Waals surface area (Å²) in [6.45, 7) is 8.24. The number of hydrogen-bond acceptors (Lipinski definition) is 3. The van der Waals surface area contributed by atoms with Crippen LogP contribution in [0, 0.1) is 17.7 Å². The van der Waals surface area contributed by atoms with Crippen molar-refractivity contribution in [3.63, 3.8) is 0 Å². The predicted octanol–water partition coefficient (Wildman–Crippen LogP) is 3.60. The quantitative estimate of drug-likeness (QED) is 0.862. The molecule has 0 amide bonds. The number of rotatable bonds is 4. The van der Waals surface area contributed by atoms with E-state index in [1.54, 1.807) is 0 Å². The minimum absolute atomic E-state index is 0.0714. The lowest BCUT2D eigenvalue weighted by Gasteiger charge is -2.34. The first-order valence-corrected chi connectivity index (χ1v) is 7.63. The lowest BCUT2D eigenvalue weighted by Crippen LogP contribution is -2.34. The molecule has 0 unspecified atom stereocenters. The second-order valence-corrected chi connectivity index (χ2v) is 6.37. The molecule has 1 aliphatic heterocycles. The molecule has 3 nitrogen and oxygen atoms in total. The Hall–Kier alpha value is -1.42. The zero-order valence-electron chi connectivity index (χ0n) is 13.0. The summed E-state index contributed by atoms with van der Waals surface area (Å²) in [5.74, 6) is 0.584. The Bertz CT molecular complexity index is 520. The van der Waals surface area contributed by atoms with E-state index in [1.165, 1.54) is 13.0 Å². The molecular weight excluding hydrogens is 269 g/mol. The van der Waals surface area contributed by atoms with Gasteiger partial charge in [0.25, 0.3) is 0 Å². The molecule has 2 rings (SSSR count). The molecule has 0 bridgehead atoms. The van der Waals surface area contributed by atoms with Crippen LogP contribution in [0.4, 0.5) is 4.39 Å². The van der Waals surface area contributed by atoms with Crippen molar-refractivity contribution in [2.75, 3.05) is 13.1 Å². The van der Waals surface area contributed by atoms with Gasteiger partial charge >= 0.3 is 0 Å². The van der Waals surface area contributed by atoms with Crippen LogP contribution >= 0.6 is 0 Å². The summed E-state index contributed by atoms with van der Waals surface area (Å²) in [5.41, 5.74) is 0.574. The van der Waals surface area contributed by atoms with Gasteiger partial charge in [0.15, 0.2) is 5.78 Å². The Kier molecular flexibility index (Phi) is 4.99. The van der Waals surface area contributed by atoms with Crippen LogP contribution < -0.4 is 0 Å². The minimum atomic E-state index is -0.468. The Morgan fingerprint density at radius 1 is 1.38 bits per heavy atom. The maximum atomic E-state index is 13.6. The lowest BCUT2D eigenvalue weighted by atomic mass is 9.86. The molecule has 0 aromatic heterocycles. The van der Waals surface area contributed by atoms with Crippen LogP contribution in [-0.2, 0) is 6.54 Å². The second-order valence-electron chi connectivity index (χ2n) is 6.37. The van der Waals surface area contributed by atoms with Crippen molar-refractivity contribution in [1.29, 1.82) is 0 Å². The number of aromatic hydroxyl groups is 1. The van der Waals surface area contributed by atoms with Crippen molar-refractivity contribution in [1.82, 2.24) is 4.90 Å². The lowest BCUT2D eigenvalue weighted by molar-refractivity contribution is 0.101. The van der Waals surface area contributed by atoms with Gasteiger partial charge in [-0.2, -0.15) is 0 Å². The zero-order valence-corrected chi connectivity index (χ0v) is 13.0. The number of likely N-dealkylation sites (tertiary alicyclic amines) is 1. The average molecular weight is 293 g/mol. The Labute approximate surface area is 125 Å². The Balaban J connectivity index is 2.09. The maximum absolute atomic E-state index is 13.6. The molecule has 1 aromatic carbocycles. The fourth-order valence-electron chi connectivity index (χ4n) is 3.06. The van der Waals surface area contributed by atoms with E-state index in [1.807, 2.05) is 0 Å². The van der Waals surface area contributed by atoms with Crippen molar-refractivity contribution >= 4 is 5.78 Å². The van der Waals surface area contributed by atoms with E-state index in [4.69, 9.17) is 0 Å². The third kappa shape index (κ3) is 3.82. The van der Waals surface area contributed by atoms with Crippen LogP contribution in [0.5, 0.6) is 5.75 Å². The predicted molar refractivity (Wildman–Crippen MR) is 80.9 cm³/mol. The molecule has 1 saturated heterocycles. The van der Waals surface area contributed by atoms with Gasteiger partial charge in [-0.3, -0.25) is 9.69 Å². The number of piperidine rings is 1. The highest BCUT2D eigenvalue weighted by atomic mass is 19.1. The highest BCUT2D eigenvalue weighted by molar-refractivity contribution is 5.97. The highest BCUT2D eigenvalue weighted by Gasteiger charge is 2.23. The maximum Gasteiger partial charge on any atom is 0.163 e. The van der Waals surface area contributed by atoms with Gasteiger partial charge in [-0.15, -0.1) is 0 Å². The van der Waals surface area contributed by atoms with E-state index in [0.717, 1.165) is 37.9 Å². The van der Waals surface area contributed by atoms with E-state index >= 15 is 0 Å². The van der Waals surface area contributed by atoms with Crippen molar-refractivity contribution in [2.24, 2.45) is 11.8 Å². The van der Waals surface area contributed by atoms with Gasteiger partial charge in [-0.25, -0.2) is 4.39 Å². The van der Waals surface area contributed by atoms with E-state index in [2.05, 4.69) is 18.7 Å². The van der Waals surface area contributed by atoms with Crippen molar-refractivity contribution in [3.05, 3.63) is 29.1 Å². The van der Waals surface area contributed by atoms with Crippen molar-refractivity contribution < 1.29 is 14.3 Å². The molecule has 0 spiro atoms. The van der Waals surface area contributed by atoms with E-state index in [-0.39, 0.29) is 17.1 Å². The van der Waals surface area contributed by atoms with E-state index < -0.39 is 5.82 Å². The first-order chi connectivity index (χ1) is 9.88. The third-order valence-electron chi connectivity index (χ3n) is 4.50. The molecule has 116 valence electrons. The zero-order chi connectivity index (χ0) is 15.6. The van der Waals surface area contributed by atoms with Crippen LogP contribution in [0.2, 0.25) is 0 Å². The molecule has 1 N–H and O–H groups in total. The van der Waals surface area contributed by atoms with Crippen LogP contribution in [0.3, 0.4) is 0 Å². The largest absolute Gasteiger partial charge is 0.507 e. The van der Waals surface area contributed by atoms with Crippen LogP contribution in [0.15, 0.2) is 12.1 Å². The molecule has 4 heteroatoms. The van der Waals surface area contributed by atoms with Gasteiger partial charge < -0.3 is 5.11 Å². The molecule has 0 atom stereocenters. The summed E-state index contributed by atoms with van der Waals surface area (Å²) in [6.07, 6.45) is 2.26. The van der Waals surface area contributed by atoms with Crippen LogP contribution in [0.25, 0.3) is 0 Å². The number of carbonyl (C=O) groups excluding carboxylic acids is 1. The fraction of sp³-hybridized carbons (Fsp3) is 0.588. The molecule has 0 radical (unpaired) electrons. The number of halogens is 1. The van der Waals surface area contributed by atoms with Gasteiger partial charge in [0.2, 0.25) is 0 Å². The topological polar surface area (TPSA) is 40.5 Å². The van der Waals surface area contributed by atoms with Crippen molar-refractivity contribution in [2.45, 2.75) is 40.2 Å². The standard InChI is InChI=1S/C17H24FNO2/c1-11(2)13-4-6-19(7-5-13)10-14-8-15(18)9-16(12(3)20)17(14)21/h8-9,11,13,21H,4-7,10H2,1-3H3. The molecule has 1 fully saturated rings. The van der Waals surface area contributed by atoms with Gasteiger partial charge in [0.1, 0.15) is 11.6 Å². The molecule has 0 aliphatic carbocycles. The molecule has 1 aliphatic rings. The van der Waals surface area contributed by atoms with E-state index in [9.17, 15) is 14.3 Å². The number of phenolic OH excluding ortho intramolecular Hbond substituents is 1. The SMILES string of the molecule is CC(=O)c1cc(F)cc(CN2CCC(C(C)C)CC2)c1O. The number of nitrogens with zero attached hydrogens (tertiary/aromatic N) is 1. The average Bonchev–Trinajstić information content (AvgIpc) is 2.42. The number of ketones is 1. The summed E-state index contributed by atoms with van der Waals surface area (Å²) >= 11 is 0. The second kappa shape index (κ2) is 6.56. The fourth-order valence-corrected chi connectivity index (χ4v) is 3.06. The number of phenols is 1. The van der Waals surface area contributed by atoms with Crippen LogP contribution in [0.1, 0.15) is 49.5 Å². The summed E-state index contributed by atoms with van der Waals surface area (Å²) in [4.78, 5) is 13.7. The number of hydrogen-bond donors (Lipinski definition) is 1. The monoisotopic (exact) mass is 293 g/mol. The summed E-state index contributed by atoms with van der Waals surface area (Å²) in [6, 6.07) is 2.43. The summed E-state index contributed by atoms with van der Waals surface area (Å²) in [7, 11) is 0. The first kappa shape index (κ1) is 16.0. The molecular formula is C17H24FNO2. The molecule has 21 heavy (non-hydrogen) atoms. The number of Topliss-reactive ketones (excluding diaryl/α,β-unsaturated/α-hetero) is 1. The Morgan fingerprint density at radius 3 is 2.52 bits per heavy atom. The number of benzene rings is 1. The third-order valence-corrected chi connectivity index (χ3v) is 4.50. The summed E-state index contributed by atoms with van der Waals surface area (Å²) < 4.78 is 13.6. The first-order valence-electron chi connectivity index (χ1n) is 7.63. The summed E-state index contributed by atoms with van der Waals surface area (Å²) in [5, 5.41) is 10.1. The van der Waals surface area contributed by atoms with Gasteiger partial charge in [-0.1, -0.05) is 13.8 Å². The van der Waals surface area contributed by atoms with Crippen LogP contribution in [-0.4, -0.2) is 28.9 Å². The smallest absolute Gasteiger partial charge is 0.163 e. The highest BCUT2D eigenvalue weighted by Crippen LogP contribution is 2.29. The number of carbonyl (C=O) groups is 1. The van der Waals surface area contributed by atoms with Crippen molar-refractivity contribution in [3.8, 4) is 5.75 Å². The van der Waals surface area contributed by atoms with Gasteiger partial charge in [-0.05, 0) is 56.8 Å². The van der Waals surface area contributed by atoms with Gasteiger partial charge in [0, 0.05) is 12.1 Å². The normalized spacial score (nSPS) is 17.4. The molecule has 0 saturated carbocycles. The molecule has 1 heterocycles. The molecule has 1 aromatic rings.